The van der Waals surface area contributed by atoms with Crippen molar-refractivity contribution in [2.24, 2.45) is 10.9 Å². The van der Waals surface area contributed by atoms with Crippen molar-refractivity contribution in [3.05, 3.63) is 11.6 Å². The van der Waals surface area contributed by atoms with Crippen LogP contribution in [0, 0.1) is 5.92 Å². The van der Waals surface area contributed by atoms with Crippen LogP contribution in [0.15, 0.2) is 20.9 Å². The van der Waals surface area contributed by atoms with E-state index < -0.39 is 0 Å². The van der Waals surface area contributed by atoms with Gasteiger partial charge in [0.15, 0.2) is 5.96 Å². The van der Waals surface area contributed by atoms with E-state index in [1.807, 2.05) is 23.3 Å². The molecule has 1 aliphatic rings. The van der Waals surface area contributed by atoms with Crippen LogP contribution >= 0.6 is 23.1 Å². The monoisotopic (exact) mass is 298 g/mol. The number of nitrogens with zero attached hydrogens (tertiary/aromatic N) is 2. The summed E-state index contributed by atoms with van der Waals surface area (Å²) in [6.07, 6.45) is 4.21. The van der Waals surface area contributed by atoms with Crippen molar-refractivity contribution in [1.82, 2.24) is 15.6 Å². The molecule has 4 nitrogen and oxygen atoms in total. The largest absolute Gasteiger partial charge is 0.357 e. The lowest BCUT2D eigenvalue weighted by Crippen LogP contribution is -2.39. The van der Waals surface area contributed by atoms with Crippen molar-refractivity contribution in [2.45, 2.75) is 37.1 Å². The molecule has 106 valence electrons. The maximum Gasteiger partial charge on any atom is 0.191 e. The molecule has 1 aromatic rings. The van der Waals surface area contributed by atoms with E-state index in [9.17, 15) is 0 Å². The predicted octanol–water partition coefficient (Wildman–Crippen LogP) is 2.59. The Morgan fingerprint density at radius 1 is 1.63 bits per heavy atom. The van der Waals surface area contributed by atoms with Crippen molar-refractivity contribution in [3.8, 4) is 0 Å². The van der Waals surface area contributed by atoms with E-state index in [0.29, 0.717) is 6.04 Å². The molecular weight excluding hydrogens is 276 g/mol. The van der Waals surface area contributed by atoms with E-state index in [2.05, 4.69) is 34.5 Å². The Hall–Kier alpha value is -0.750. The van der Waals surface area contributed by atoms with Crippen LogP contribution < -0.4 is 10.6 Å². The van der Waals surface area contributed by atoms with E-state index >= 15 is 0 Å². The van der Waals surface area contributed by atoms with Gasteiger partial charge in [0.05, 0.1) is 0 Å². The fourth-order valence-corrected chi connectivity index (χ4v) is 3.35. The van der Waals surface area contributed by atoms with Crippen molar-refractivity contribution in [2.75, 3.05) is 18.8 Å². The van der Waals surface area contributed by atoms with Gasteiger partial charge in [-0.1, -0.05) is 18.7 Å². The van der Waals surface area contributed by atoms with Crippen LogP contribution in [-0.2, 0) is 0 Å². The molecule has 0 aromatic carbocycles. The van der Waals surface area contributed by atoms with Crippen LogP contribution in [0.2, 0.25) is 0 Å². The highest BCUT2D eigenvalue weighted by molar-refractivity contribution is 8.00. The Bertz CT molecular complexity index is 391. The zero-order chi connectivity index (χ0) is 13.5. The molecule has 1 heterocycles. The molecule has 0 radical (unpaired) electrons. The SMILES string of the molecule is CCNC(=NCCCSc1nccs1)NC1CC1C. The van der Waals surface area contributed by atoms with Gasteiger partial charge in [-0.15, -0.1) is 11.3 Å². The molecule has 0 spiro atoms. The van der Waals surface area contributed by atoms with Gasteiger partial charge in [-0.2, -0.15) is 0 Å². The first kappa shape index (κ1) is 14.7. The highest BCUT2D eigenvalue weighted by Gasteiger charge is 2.33. The molecule has 2 N–H and O–H groups in total. The molecule has 19 heavy (non-hydrogen) atoms. The summed E-state index contributed by atoms with van der Waals surface area (Å²) < 4.78 is 1.15. The summed E-state index contributed by atoms with van der Waals surface area (Å²) in [5, 5.41) is 8.79. The predicted molar refractivity (Wildman–Crippen MR) is 84.1 cm³/mol. The summed E-state index contributed by atoms with van der Waals surface area (Å²) in [6.45, 7) is 6.16. The van der Waals surface area contributed by atoms with Crippen LogP contribution in [0.1, 0.15) is 26.7 Å². The topological polar surface area (TPSA) is 49.3 Å². The number of thioether (sulfide) groups is 1. The highest BCUT2D eigenvalue weighted by atomic mass is 32.2. The molecule has 2 unspecified atom stereocenters. The zero-order valence-electron chi connectivity index (χ0n) is 11.6. The summed E-state index contributed by atoms with van der Waals surface area (Å²) in [6, 6.07) is 0.627. The third kappa shape index (κ3) is 5.40. The fraction of sp³-hybridized carbons (Fsp3) is 0.692. The lowest BCUT2D eigenvalue weighted by Gasteiger charge is -2.10. The van der Waals surface area contributed by atoms with Crippen LogP contribution in [0.3, 0.4) is 0 Å². The molecule has 1 aliphatic carbocycles. The summed E-state index contributed by atoms with van der Waals surface area (Å²) in [5.74, 6) is 2.84. The number of nitrogens with one attached hydrogen (secondary N) is 2. The molecule has 6 heteroatoms. The van der Waals surface area contributed by atoms with Gasteiger partial charge in [0, 0.05) is 36.5 Å². The number of hydrogen-bond donors (Lipinski definition) is 2. The van der Waals surface area contributed by atoms with E-state index in [1.165, 1.54) is 6.42 Å². The van der Waals surface area contributed by atoms with Crippen molar-refractivity contribution >= 4 is 29.1 Å². The molecule has 0 saturated heterocycles. The second kappa shape index (κ2) is 7.75. The first-order chi connectivity index (χ1) is 9.29. The smallest absolute Gasteiger partial charge is 0.191 e. The van der Waals surface area contributed by atoms with E-state index in [1.54, 1.807) is 11.3 Å². The van der Waals surface area contributed by atoms with Crippen molar-refractivity contribution in [1.29, 1.82) is 0 Å². The Kier molecular flexibility index (Phi) is 5.97. The number of thiazole rings is 1. The third-order valence-corrected chi connectivity index (χ3v) is 5.04. The second-order valence-electron chi connectivity index (χ2n) is 4.72. The molecular formula is C13H22N4S2. The second-order valence-corrected chi connectivity index (χ2v) is 6.96. The van der Waals surface area contributed by atoms with Gasteiger partial charge in [-0.25, -0.2) is 4.98 Å². The summed E-state index contributed by atoms with van der Waals surface area (Å²) in [7, 11) is 0. The van der Waals surface area contributed by atoms with Crippen molar-refractivity contribution < 1.29 is 0 Å². The Morgan fingerprint density at radius 2 is 2.47 bits per heavy atom. The molecule has 1 fully saturated rings. The molecule has 1 aromatic heterocycles. The zero-order valence-corrected chi connectivity index (χ0v) is 13.2. The molecule has 0 aliphatic heterocycles. The standard InChI is InChI=1S/C13H22N4S2/c1-3-14-12(17-11-9-10(11)2)15-5-4-7-18-13-16-6-8-19-13/h6,8,10-11H,3-5,7,9H2,1-2H3,(H2,14,15,17). The van der Waals surface area contributed by atoms with Crippen LogP contribution in [0.25, 0.3) is 0 Å². The lowest BCUT2D eigenvalue weighted by molar-refractivity contribution is 0.763. The normalized spacial score (nSPS) is 22.3. The van der Waals surface area contributed by atoms with Gasteiger partial charge >= 0.3 is 0 Å². The van der Waals surface area contributed by atoms with Gasteiger partial charge in [0.2, 0.25) is 0 Å². The minimum absolute atomic E-state index is 0.627. The first-order valence-corrected chi connectivity index (χ1v) is 8.73. The average Bonchev–Trinajstić information content (AvgIpc) is 2.90. The maximum absolute atomic E-state index is 4.61. The number of aliphatic imine (C=N–C) groups is 1. The Labute approximate surface area is 123 Å². The van der Waals surface area contributed by atoms with E-state index in [4.69, 9.17) is 0 Å². The van der Waals surface area contributed by atoms with Gasteiger partial charge in [0.1, 0.15) is 4.34 Å². The highest BCUT2D eigenvalue weighted by Crippen LogP contribution is 2.28. The minimum Gasteiger partial charge on any atom is -0.357 e. The summed E-state index contributed by atoms with van der Waals surface area (Å²) >= 11 is 3.52. The minimum atomic E-state index is 0.627. The van der Waals surface area contributed by atoms with E-state index in [-0.39, 0.29) is 0 Å². The fourth-order valence-electron chi connectivity index (χ4n) is 1.72. The molecule has 0 bridgehead atoms. The summed E-state index contributed by atoms with van der Waals surface area (Å²) in [4.78, 5) is 8.87. The Balaban J connectivity index is 1.63. The number of hydrogen-bond acceptors (Lipinski definition) is 4. The Morgan fingerprint density at radius 3 is 3.11 bits per heavy atom. The maximum atomic E-state index is 4.61. The number of rotatable bonds is 7. The van der Waals surface area contributed by atoms with Crippen LogP contribution in [0.4, 0.5) is 0 Å². The molecule has 2 rings (SSSR count). The average molecular weight is 298 g/mol. The lowest BCUT2D eigenvalue weighted by atomic mass is 10.5. The number of guanidine groups is 1. The van der Waals surface area contributed by atoms with Crippen LogP contribution in [0.5, 0.6) is 0 Å². The number of aromatic nitrogens is 1. The molecule has 2 atom stereocenters. The third-order valence-electron chi connectivity index (χ3n) is 2.98. The van der Waals surface area contributed by atoms with E-state index in [0.717, 1.165) is 41.5 Å². The first-order valence-electron chi connectivity index (χ1n) is 6.86. The molecule has 0 amide bonds. The summed E-state index contributed by atoms with van der Waals surface area (Å²) in [5.41, 5.74) is 0. The van der Waals surface area contributed by atoms with Gasteiger partial charge in [-0.05, 0) is 25.7 Å². The van der Waals surface area contributed by atoms with Gasteiger partial charge in [-0.3, -0.25) is 4.99 Å². The quantitative estimate of drug-likeness (QED) is 0.352. The van der Waals surface area contributed by atoms with Crippen molar-refractivity contribution in [3.63, 3.8) is 0 Å². The molecule has 1 saturated carbocycles. The van der Waals surface area contributed by atoms with Crippen LogP contribution in [-0.4, -0.2) is 35.8 Å². The van der Waals surface area contributed by atoms with Gasteiger partial charge < -0.3 is 10.6 Å². The van der Waals surface area contributed by atoms with Gasteiger partial charge in [0.25, 0.3) is 0 Å².